The van der Waals surface area contributed by atoms with Crippen molar-refractivity contribution < 1.29 is 14.3 Å². The minimum absolute atomic E-state index is 0.0740. The lowest BCUT2D eigenvalue weighted by molar-refractivity contribution is -0.135. The average Bonchev–Trinajstić information content (AvgIpc) is 2.80. The van der Waals surface area contributed by atoms with Gasteiger partial charge in [-0.2, -0.15) is 0 Å². The molecule has 1 atom stereocenters. The van der Waals surface area contributed by atoms with Crippen LogP contribution in [0.15, 0.2) is 28.7 Å². The third-order valence-electron chi connectivity index (χ3n) is 5.63. The van der Waals surface area contributed by atoms with Crippen LogP contribution >= 0.6 is 15.9 Å². The molecule has 1 aromatic carbocycles. The molecule has 2 aliphatic heterocycles. The van der Waals surface area contributed by atoms with Crippen LogP contribution in [0.5, 0.6) is 0 Å². The molecule has 3 rings (SSSR count). The van der Waals surface area contributed by atoms with Crippen molar-refractivity contribution in [1.29, 1.82) is 0 Å². The van der Waals surface area contributed by atoms with Gasteiger partial charge in [-0.1, -0.05) is 36.7 Å². The molecule has 2 fully saturated rings. The second kappa shape index (κ2) is 7.67. The molecule has 0 aromatic heterocycles. The Morgan fingerprint density at radius 1 is 1.07 bits per heavy atom. The molecule has 0 bridgehead atoms. The summed E-state index contributed by atoms with van der Waals surface area (Å²) in [6, 6.07) is 8.45. The summed E-state index contributed by atoms with van der Waals surface area (Å²) in [5.41, 5.74) is 0.0718. The summed E-state index contributed by atoms with van der Waals surface area (Å²) < 4.78 is 6.34. The number of carbonyl (C=O) groups excluding carboxylic acids is 2. The molecule has 2 saturated heterocycles. The zero-order valence-electron chi connectivity index (χ0n) is 17.4. The molecule has 28 heavy (non-hydrogen) atoms. The monoisotopic (exact) mass is 451 g/mol. The minimum Gasteiger partial charge on any atom is -0.433 e. The lowest BCUT2D eigenvalue weighted by Crippen LogP contribution is -2.58. The first kappa shape index (κ1) is 21.1. The quantitative estimate of drug-likeness (QED) is 0.697. The van der Waals surface area contributed by atoms with Crippen molar-refractivity contribution in [3.05, 3.63) is 28.7 Å². The van der Waals surface area contributed by atoms with E-state index in [9.17, 15) is 9.59 Å². The lowest BCUT2D eigenvalue weighted by atomic mass is 9.84. The van der Waals surface area contributed by atoms with Gasteiger partial charge in [0.15, 0.2) is 5.60 Å². The summed E-state index contributed by atoms with van der Waals surface area (Å²) in [6.45, 7) is 13.8. The van der Waals surface area contributed by atoms with Gasteiger partial charge < -0.3 is 9.64 Å². The summed E-state index contributed by atoms with van der Waals surface area (Å²) in [5.74, 6) is -0.250. The zero-order valence-corrected chi connectivity index (χ0v) is 19.0. The number of anilines is 1. The number of rotatable bonds is 4. The third kappa shape index (κ3) is 4.35. The highest BCUT2D eigenvalue weighted by Crippen LogP contribution is 2.31. The molecular weight excluding hydrogens is 422 g/mol. The van der Waals surface area contributed by atoms with E-state index in [2.05, 4.69) is 70.8 Å². The second-order valence-electron chi connectivity index (χ2n) is 9.18. The molecule has 7 heteroatoms. The molecule has 6 nitrogen and oxygen atoms in total. The second-order valence-corrected chi connectivity index (χ2v) is 10.1. The Morgan fingerprint density at radius 3 is 2.11 bits per heavy atom. The Balaban J connectivity index is 1.69. The first-order valence-electron chi connectivity index (χ1n) is 9.78. The summed E-state index contributed by atoms with van der Waals surface area (Å²) in [4.78, 5) is 30.9. The van der Waals surface area contributed by atoms with Crippen LogP contribution < -0.4 is 4.90 Å². The number of ether oxygens (including phenoxy) is 1. The number of halogens is 1. The van der Waals surface area contributed by atoms with E-state index in [1.165, 1.54) is 10.6 Å². The largest absolute Gasteiger partial charge is 0.433 e. The van der Waals surface area contributed by atoms with Gasteiger partial charge in [0.1, 0.15) is 0 Å². The number of hydrogen-bond acceptors (Lipinski definition) is 5. The molecule has 0 spiro atoms. The Labute approximate surface area is 175 Å². The van der Waals surface area contributed by atoms with Gasteiger partial charge >= 0.3 is 6.09 Å². The molecule has 2 aliphatic rings. The highest BCUT2D eigenvalue weighted by atomic mass is 79.9. The first-order valence-corrected chi connectivity index (χ1v) is 10.6. The fraction of sp³-hybridized carbons (Fsp3) is 0.619. The number of carbonyl (C=O) groups is 2. The predicted molar refractivity (Wildman–Crippen MR) is 113 cm³/mol. The molecule has 0 radical (unpaired) electrons. The molecule has 1 aromatic rings. The van der Waals surface area contributed by atoms with Crippen molar-refractivity contribution in [2.75, 3.05) is 37.6 Å². The van der Waals surface area contributed by atoms with Gasteiger partial charge in [0.2, 0.25) is 0 Å². The lowest BCUT2D eigenvalue weighted by Gasteiger charge is -2.45. The minimum atomic E-state index is -1.07. The van der Waals surface area contributed by atoms with Gasteiger partial charge in [-0.15, -0.1) is 0 Å². The number of benzene rings is 1. The van der Waals surface area contributed by atoms with E-state index in [1.807, 2.05) is 0 Å². The predicted octanol–water partition coefficient (Wildman–Crippen LogP) is 3.74. The van der Waals surface area contributed by atoms with Gasteiger partial charge in [-0.05, 0) is 43.5 Å². The number of cyclic esters (lactones) is 1. The molecular formula is C21H30BrN3O3. The van der Waals surface area contributed by atoms with Crippen LogP contribution in [-0.2, 0) is 9.53 Å². The number of amides is 2. The van der Waals surface area contributed by atoms with Gasteiger partial charge in [0.25, 0.3) is 5.91 Å². The van der Waals surface area contributed by atoms with Crippen molar-refractivity contribution in [3.8, 4) is 0 Å². The van der Waals surface area contributed by atoms with Crippen molar-refractivity contribution in [3.63, 3.8) is 0 Å². The highest BCUT2D eigenvalue weighted by Gasteiger charge is 2.49. The van der Waals surface area contributed by atoms with Crippen LogP contribution in [0, 0.1) is 5.41 Å². The van der Waals surface area contributed by atoms with E-state index in [-0.39, 0.29) is 17.4 Å². The van der Waals surface area contributed by atoms with E-state index < -0.39 is 11.7 Å². The van der Waals surface area contributed by atoms with Crippen molar-refractivity contribution in [2.24, 2.45) is 5.41 Å². The van der Waals surface area contributed by atoms with Gasteiger partial charge in [-0.3, -0.25) is 9.69 Å². The first-order chi connectivity index (χ1) is 13.0. The SMILES string of the molecule is CC1(C)OC(=O)N(CC(N2CCN(c3ccc(Br)cc3)CC2)C(C)(C)C)C1=O. The molecule has 0 aliphatic carbocycles. The number of nitrogens with zero attached hydrogens (tertiary/aromatic N) is 3. The maximum Gasteiger partial charge on any atom is 0.417 e. The highest BCUT2D eigenvalue weighted by molar-refractivity contribution is 9.10. The van der Waals surface area contributed by atoms with Crippen LogP contribution in [-0.4, -0.2) is 66.2 Å². The Morgan fingerprint density at radius 2 is 1.64 bits per heavy atom. The van der Waals surface area contributed by atoms with Crippen LogP contribution in [0.3, 0.4) is 0 Å². The summed E-state index contributed by atoms with van der Waals surface area (Å²) >= 11 is 3.48. The van der Waals surface area contributed by atoms with E-state index in [1.54, 1.807) is 13.8 Å². The summed E-state index contributed by atoms with van der Waals surface area (Å²) in [5, 5.41) is 0. The van der Waals surface area contributed by atoms with Crippen LogP contribution in [0.4, 0.5) is 10.5 Å². The molecule has 0 N–H and O–H groups in total. The molecule has 2 heterocycles. The molecule has 1 unspecified atom stereocenters. The maximum absolute atomic E-state index is 12.6. The summed E-state index contributed by atoms with van der Waals surface area (Å²) in [7, 11) is 0. The normalized spacial score (nSPS) is 21.8. The molecule has 0 saturated carbocycles. The van der Waals surface area contributed by atoms with Gasteiger partial charge in [-0.25, -0.2) is 9.69 Å². The third-order valence-corrected chi connectivity index (χ3v) is 6.15. The number of piperazine rings is 1. The van der Waals surface area contributed by atoms with Crippen molar-refractivity contribution in [1.82, 2.24) is 9.80 Å². The van der Waals surface area contributed by atoms with Crippen molar-refractivity contribution in [2.45, 2.75) is 46.3 Å². The Hall–Kier alpha value is -1.60. The van der Waals surface area contributed by atoms with Crippen LogP contribution in [0.25, 0.3) is 0 Å². The standard InChI is InChI=1S/C21H30BrN3O3/c1-20(2,3)17(14-25-18(26)21(4,5)28-19(25)27)24-12-10-23(11-13-24)16-8-6-15(22)7-9-16/h6-9,17H,10-14H2,1-5H3. The molecule has 154 valence electrons. The van der Waals surface area contributed by atoms with E-state index in [4.69, 9.17) is 4.74 Å². The van der Waals surface area contributed by atoms with Crippen LogP contribution in [0.2, 0.25) is 0 Å². The topological polar surface area (TPSA) is 53.1 Å². The van der Waals surface area contributed by atoms with E-state index >= 15 is 0 Å². The fourth-order valence-electron chi connectivity index (χ4n) is 3.94. The average molecular weight is 452 g/mol. The van der Waals surface area contributed by atoms with Gasteiger partial charge in [0.05, 0.1) is 0 Å². The molecule has 2 amide bonds. The Kier molecular flexibility index (Phi) is 5.79. The smallest absolute Gasteiger partial charge is 0.417 e. The van der Waals surface area contributed by atoms with Gasteiger partial charge in [0, 0.05) is 48.9 Å². The van der Waals surface area contributed by atoms with Crippen molar-refractivity contribution >= 4 is 33.6 Å². The van der Waals surface area contributed by atoms with E-state index in [0.29, 0.717) is 6.54 Å². The maximum atomic E-state index is 12.6. The van der Waals surface area contributed by atoms with Crippen LogP contribution in [0.1, 0.15) is 34.6 Å². The number of imide groups is 1. The number of hydrogen-bond donors (Lipinski definition) is 0. The fourth-order valence-corrected chi connectivity index (χ4v) is 4.20. The zero-order chi connectivity index (χ0) is 20.7. The van der Waals surface area contributed by atoms with E-state index in [0.717, 1.165) is 30.7 Å². The summed E-state index contributed by atoms with van der Waals surface area (Å²) in [6.07, 6.45) is -0.530. The Bertz CT molecular complexity index is 734.